The zero-order chi connectivity index (χ0) is 9.68. The van der Waals surface area contributed by atoms with E-state index in [4.69, 9.17) is 0 Å². The lowest BCUT2D eigenvalue weighted by Gasteiger charge is -2.04. The minimum atomic E-state index is -0.385. The summed E-state index contributed by atoms with van der Waals surface area (Å²) in [6.45, 7) is -0.214. The molecule has 69 valence electrons. The number of esters is 1. The summed E-state index contributed by atoms with van der Waals surface area (Å²) in [5.41, 5.74) is 1.24. The Morgan fingerprint density at radius 3 is 2.69 bits per heavy atom. The molecule has 0 atom stereocenters. The molecular weight excluding hydrogens is 168 g/mol. The monoisotopic (exact) mass is 179 g/mol. The molecule has 0 aliphatic rings. The maximum Gasteiger partial charge on any atom is 0.338 e. The Bertz CT molecular complexity index is 294. The quantitative estimate of drug-likeness (QED) is 0.659. The van der Waals surface area contributed by atoms with E-state index in [9.17, 15) is 9.90 Å². The Hall–Kier alpha value is -1.35. The van der Waals surface area contributed by atoms with Gasteiger partial charge in [0.15, 0.2) is 0 Å². The number of ether oxygens (including phenoxy) is 1. The van der Waals surface area contributed by atoms with Gasteiger partial charge in [-0.25, -0.2) is 9.90 Å². The third-order valence-corrected chi connectivity index (χ3v) is 1.79. The van der Waals surface area contributed by atoms with Gasteiger partial charge in [-0.05, 0) is 18.1 Å². The molecule has 1 aromatic rings. The first-order chi connectivity index (χ1) is 6.29. The minimum absolute atomic E-state index is 0.214. The van der Waals surface area contributed by atoms with Crippen LogP contribution < -0.4 is 0 Å². The fourth-order valence-corrected chi connectivity index (χ4v) is 1.16. The second-order valence-corrected chi connectivity index (χ2v) is 2.60. The van der Waals surface area contributed by atoms with Crippen LogP contribution >= 0.6 is 0 Å². The molecule has 0 N–H and O–H groups in total. The predicted octanol–water partition coefficient (Wildman–Crippen LogP) is 1.45. The van der Waals surface area contributed by atoms with E-state index in [-0.39, 0.29) is 12.6 Å². The molecule has 3 heteroatoms. The SMILES string of the molecule is COC(=O)c1ccccc1CC[O]. The Labute approximate surface area is 77.0 Å². The number of benzene rings is 1. The first kappa shape index (κ1) is 9.74. The van der Waals surface area contributed by atoms with Gasteiger partial charge in [-0.3, -0.25) is 0 Å². The Kier molecular flexibility index (Phi) is 3.46. The Morgan fingerprint density at radius 2 is 2.08 bits per heavy atom. The molecule has 0 aliphatic heterocycles. The van der Waals surface area contributed by atoms with Crippen LogP contribution in [0.25, 0.3) is 0 Å². The largest absolute Gasteiger partial charge is 0.465 e. The molecule has 0 spiro atoms. The molecule has 1 radical (unpaired) electrons. The van der Waals surface area contributed by atoms with Crippen molar-refractivity contribution in [3.63, 3.8) is 0 Å². The molecular formula is C10H11O3. The molecule has 0 saturated carbocycles. The summed E-state index contributed by atoms with van der Waals surface area (Å²) in [5.74, 6) is -0.385. The van der Waals surface area contributed by atoms with Crippen molar-refractivity contribution < 1.29 is 14.6 Å². The van der Waals surface area contributed by atoms with Gasteiger partial charge >= 0.3 is 5.97 Å². The summed E-state index contributed by atoms with van der Waals surface area (Å²) >= 11 is 0. The second-order valence-electron chi connectivity index (χ2n) is 2.60. The zero-order valence-corrected chi connectivity index (χ0v) is 7.45. The average Bonchev–Trinajstić information content (AvgIpc) is 2.18. The van der Waals surface area contributed by atoms with Crippen molar-refractivity contribution in [3.8, 4) is 0 Å². The highest BCUT2D eigenvalue weighted by atomic mass is 16.5. The van der Waals surface area contributed by atoms with Crippen LogP contribution in [0.1, 0.15) is 15.9 Å². The van der Waals surface area contributed by atoms with Gasteiger partial charge in [-0.1, -0.05) is 18.2 Å². The number of hydrogen-bond acceptors (Lipinski definition) is 2. The molecule has 13 heavy (non-hydrogen) atoms. The van der Waals surface area contributed by atoms with E-state index in [0.29, 0.717) is 12.0 Å². The molecule has 1 aromatic carbocycles. The van der Waals surface area contributed by atoms with Crippen LogP contribution in [0.3, 0.4) is 0 Å². The van der Waals surface area contributed by atoms with Gasteiger partial charge in [0, 0.05) is 0 Å². The van der Waals surface area contributed by atoms with E-state index in [2.05, 4.69) is 4.74 Å². The van der Waals surface area contributed by atoms with Gasteiger partial charge in [-0.15, -0.1) is 0 Å². The smallest absolute Gasteiger partial charge is 0.338 e. The summed E-state index contributed by atoms with van der Waals surface area (Å²) in [5, 5.41) is 10.4. The number of carbonyl (C=O) groups is 1. The first-order valence-electron chi connectivity index (χ1n) is 4.04. The average molecular weight is 179 g/mol. The predicted molar refractivity (Wildman–Crippen MR) is 47.0 cm³/mol. The van der Waals surface area contributed by atoms with Gasteiger partial charge in [0.1, 0.15) is 0 Å². The standard InChI is InChI=1S/C10H11O3/c1-13-10(12)9-5-3-2-4-8(9)6-7-11/h2-5H,6-7H2,1H3. The molecule has 0 fully saturated rings. The van der Waals surface area contributed by atoms with Gasteiger partial charge in [0.05, 0.1) is 19.3 Å². The summed E-state index contributed by atoms with van der Waals surface area (Å²) < 4.78 is 4.58. The van der Waals surface area contributed by atoms with Crippen LogP contribution in [0.5, 0.6) is 0 Å². The highest BCUT2D eigenvalue weighted by Crippen LogP contribution is 2.10. The normalized spacial score (nSPS) is 9.69. The van der Waals surface area contributed by atoms with E-state index in [1.54, 1.807) is 24.3 Å². The van der Waals surface area contributed by atoms with E-state index in [1.807, 2.05) is 0 Å². The van der Waals surface area contributed by atoms with E-state index < -0.39 is 0 Å². The number of rotatable bonds is 3. The van der Waals surface area contributed by atoms with Crippen molar-refractivity contribution in [2.75, 3.05) is 13.7 Å². The summed E-state index contributed by atoms with van der Waals surface area (Å²) in [6, 6.07) is 6.99. The number of methoxy groups -OCH3 is 1. The third kappa shape index (κ3) is 2.29. The highest BCUT2D eigenvalue weighted by molar-refractivity contribution is 5.90. The summed E-state index contributed by atoms with van der Waals surface area (Å²) in [4.78, 5) is 11.2. The molecule has 1 rings (SSSR count). The van der Waals surface area contributed by atoms with Gasteiger partial charge in [0.2, 0.25) is 0 Å². The number of hydrogen-bond donors (Lipinski definition) is 0. The summed E-state index contributed by atoms with van der Waals surface area (Å²) in [7, 11) is 1.33. The van der Waals surface area contributed by atoms with Crippen LogP contribution in [-0.4, -0.2) is 19.7 Å². The van der Waals surface area contributed by atoms with Crippen molar-refractivity contribution in [2.24, 2.45) is 0 Å². The Balaban J connectivity index is 2.97. The van der Waals surface area contributed by atoms with E-state index in [0.717, 1.165) is 5.56 Å². The maximum atomic E-state index is 11.2. The number of carbonyl (C=O) groups excluding carboxylic acids is 1. The van der Waals surface area contributed by atoms with Crippen LogP contribution in [0.4, 0.5) is 0 Å². The van der Waals surface area contributed by atoms with Crippen molar-refractivity contribution in [2.45, 2.75) is 6.42 Å². The van der Waals surface area contributed by atoms with Crippen LogP contribution in [0.2, 0.25) is 0 Å². The molecule has 0 amide bonds. The third-order valence-electron chi connectivity index (χ3n) is 1.79. The first-order valence-corrected chi connectivity index (χ1v) is 4.04. The van der Waals surface area contributed by atoms with E-state index >= 15 is 0 Å². The fraction of sp³-hybridized carbons (Fsp3) is 0.300. The lowest BCUT2D eigenvalue weighted by molar-refractivity contribution is 0.0599. The highest BCUT2D eigenvalue weighted by Gasteiger charge is 2.09. The molecule has 0 heterocycles. The van der Waals surface area contributed by atoms with Gasteiger partial charge in [0.25, 0.3) is 0 Å². The zero-order valence-electron chi connectivity index (χ0n) is 7.45. The molecule has 0 saturated heterocycles. The summed E-state index contributed by atoms with van der Waals surface area (Å²) in [6.07, 6.45) is 0.366. The van der Waals surface area contributed by atoms with Crippen LogP contribution in [0.15, 0.2) is 24.3 Å². The van der Waals surface area contributed by atoms with Crippen molar-refractivity contribution in [1.29, 1.82) is 0 Å². The second kappa shape index (κ2) is 4.62. The maximum absolute atomic E-state index is 11.2. The van der Waals surface area contributed by atoms with Crippen molar-refractivity contribution in [3.05, 3.63) is 35.4 Å². The lowest BCUT2D eigenvalue weighted by Crippen LogP contribution is -2.06. The lowest BCUT2D eigenvalue weighted by atomic mass is 10.1. The van der Waals surface area contributed by atoms with Crippen LogP contribution in [-0.2, 0) is 16.3 Å². The van der Waals surface area contributed by atoms with Gasteiger partial charge in [-0.2, -0.15) is 0 Å². The van der Waals surface area contributed by atoms with Gasteiger partial charge < -0.3 is 4.74 Å². The van der Waals surface area contributed by atoms with Crippen LogP contribution in [0, 0.1) is 0 Å². The molecule has 0 aromatic heterocycles. The van der Waals surface area contributed by atoms with E-state index in [1.165, 1.54) is 7.11 Å². The molecule has 0 aliphatic carbocycles. The van der Waals surface area contributed by atoms with Crippen molar-refractivity contribution >= 4 is 5.97 Å². The van der Waals surface area contributed by atoms with Crippen molar-refractivity contribution in [1.82, 2.24) is 0 Å². The minimum Gasteiger partial charge on any atom is -0.465 e. The molecule has 0 unspecified atom stereocenters. The molecule has 0 bridgehead atoms. The molecule has 3 nitrogen and oxygen atoms in total. The fourth-order valence-electron chi connectivity index (χ4n) is 1.16. The topological polar surface area (TPSA) is 46.2 Å². The Morgan fingerprint density at radius 1 is 1.38 bits per heavy atom.